The van der Waals surface area contributed by atoms with Crippen LogP contribution in [-0.2, 0) is 4.79 Å². The van der Waals surface area contributed by atoms with Crippen molar-refractivity contribution in [2.24, 2.45) is 0 Å². The largest absolute Gasteiger partial charge is 0.341 e. The third-order valence-electron chi connectivity index (χ3n) is 2.58. The Morgan fingerprint density at radius 2 is 2.29 bits per heavy atom. The molecule has 0 aromatic carbocycles. The molecule has 1 rings (SSSR count). The highest BCUT2D eigenvalue weighted by Gasteiger charge is 2.22. The van der Waals surface area contributed by atoms with E-state index in [1.807, 2.05) is 11.9 Å². The third kappa shape index (κ3) is 3.88. The Morgan fingerprint density at radius 3 is 2.79 bits per heavy atom. The Morgan fingerprint density at radius 1 is 1.64 bits per heavy atom. The number of nitrogens with zero attached hydrogens (tertiary/aromatic N) is 1. The van der Waals surface area contributed by atoms with Crippen molar-refractivity contribution in [2.45, 2.75) is 31.8 Å². The quantitative estimate of drug-likeness (QED) is 0.717. The fraction of sp³-hybridized carbons (Fsp3) is 0.900. The van der Waals surface area contributed by atoms with Crippen LogP contribution in [0.5, 0.6) is 0 Å². The lowest BCUT2D eigenvalue weighted by atomic mass is 10.3. The molecule has 1 aliphatic carbocycles. The van der Waals surface area contributed by atoms with Gasteiger partial charge in [0.2, 0.25) is 5.91 Å². The minimum atomic E-state index is 0.207. The van der Waals surface area contributed by atoms with Gasteiger partial charge in [0.25, 0.3) is 0 Å². The average molecular weight is 216 g/mol. The summed E-state index contributed by atoms with van der Waals surface area (Å²) < 4.78 is 0. The SMILES string of the molecule is CSCC(C)N(C)C(=O)CNC1CC1. The van der Waals surface area contributed by atoms with Gasteiger partial charge in [-0.05, 0) is 26.0 Å². The van der Waals surface area contributed by atoms with Crippen LogP contribution in [0.1, 0.15) is 19.8 Å². The van der Waals surface area contributed by atoms with E-state index in [1.165, 1.54) is 12.8 Å². The van der Waals surface area contributed by atoms with Gasteiger partial charge in [-0.25, -0.2) is 0 Å². The Bertz CT molecular complexity index is 195. The zero-order chi connectivity index (χ0) is 10.6. The summed E-state index contributed by atoms with van der Waals surface area (Å²) in [5.74, 6) is 1.21. The lowest BCUT2D eigenvalue weighted by Gasteiger charge is -2.24. The summed E-state index contributed by atoms with van der Waals surface area (Å²) in [6.45, 7) is 2.59. The van der Waals surface area contributed by atoms with Gasteiger partial charge in [0.15, 0.2) is 0 Å². The summed E-state index contributed by atoms with van der Waals surface area (Å²) in [7, 11) is 1.89. The second kappa shape index (κ2) is 5.61. The standard InChI is InChI=1S/C10H20N2OS/c1-8(7-14-3)12(2)10(13)6-11-9-4-5-9/h8-9,11H,4-7H2,1-3H3. The number of amides is 1. The fourth-order valence-corrected chi connectivity index (χ4v) is 1.95. The van der Waals surface area contributed by atoms with Gasteiger partial charge in [-0.1, -0.05) is 0 Å². The molecule has 1 aliphatic rings. The molecule has 82 valence electrons. The zero-order valence-electron chi connectivity index (χ0n) is 9.25. The van der Waals surface area contributed by atoms with Crippen LogP contribution in [0.2, 0.25) is 0 Å². The van der Waals surface area contributed by atoms with Crippen LogP contribution in [0.3, 0.4) is 0 Å². The van der Waals surface area contributed by atoms with E-state index in [0.717, 1.165) is 5.75 Å². The van der Waals surface area contributed by atoms with Gasteiger partial charge in [-0.3, -0.25) is 4.79 Å². The highest BCUT2D eigenvalue weighted by Crippen LogP contribution is 2.18. The van der Waals surface area contributed by atoms with Crippen molar-refractivity contribution in [3.63, 3.8) is 0 Å². The van der Waals surface area contributed by atoms with Gasteiger partial charge in [0, 0.05) is 24.9 Å². The summed E-state index contributed by atoms with van der Waals surface area (Å²) in [6.07, 6.45) is 4.53. The molecule has 0 saturated heterocycles. The maximum absolute atomic E-state index is 11.6. The van der Waals surface area contributed by atoms with Gasteiger partial charge in [-0.15, -0.1) is 0 Å². The zero-order valence-corrected chi connectivity index (χ0v) is 10.1. The first-order valence-electron chi connectivity index (χ1n) is 5.13. The van der Waals surface area contributed by atoms with E-state index in [2.05, 4.69) is 18.5 Å². The summed E-state index contributed by atoms with van der Waals surface area (Å²) in [4.78, 5) is 13.5. The first kappa shape index (κ1) is 11.9. The summed E-state index contributed by atoms with van der Waals surface area (Å²) in [5, 5.41) is 3.24. The number of likely N-dealkylation sites (N-methyl/N-ethyl adjacent to an activating group) is 1. The first-order chi connectivity index (χ1) is 6.65. The summed E-state index contributed by atoms with van der Waals surface area (Å²) >= 11 is 1.78. The Hall–Kier alpha value is -0.220. The number of nitrogens with one attached hydrogen (secondary N) is 1. The van der Waals surface area contributed by atoms with E-state index in [1.54, 1.807) is 11.8 Å². The molecule has 0 aliphatic heterocycles. The molecule has 4 heteroatoms. The molecule has 1 fully saturated rings. The van der Waals surface area contributed by atoms with Crippen LogP contribution in [0.25, 0.3) is 0 Å². The lowest BCUT2D eigenvalue weighted by molar-refractivity contribution is -0.130. The second-order valence-corrected chi connectivity index (χ2v) is 4.87. The maximum Gasteiger partial charge on any atom is 0.236 e. The van der Waals surface area contributed by atoms with Crippen LogP contribution in [0.4, 0.5) is 0 Å². The first-order valence-corrected chi connectivity index (χ1v) is 6.52. The van der Waals surface area contributed by atoms with Gasteiger partial charge in [-0.2, -0.15) is 11.8 Å². The van der Waals surface area contributed by atoms with Gasteiger partial charge in [0.1, 0.15) is 0 Å². The van der Waals surface area contributed by atoms with E-state index in [4.69, 9.17) is 0 Å². The predicted molar refractivity (Wildman–Crippen MR) is 61.6 cm³/mol. The molecule has 1 amide bonds. The van der Waals surface area contributed by atoms with E-state index in [9.17, 15) is 4.79 Å². The maximum atomic E-state index is 11.6. The molecule has 0 spiro atoms. The highest BCUT2D eigenvalue weighted by molar-refractivity contribution is 7.98. The Labute approximate surface area is 90.6 Å². The van der Waals surface area contributed by atoms with Crippen molar-refractivity contribution < 1.29 is 4.79 Å². The molecule has 14 heavy (non-hydrogen) atoms. The van der Waals surface area contributed by atoms with Crippen LogP contribution < -0.4 is 5.32 Å². The molecule has 0 bridgehead atoms. The van der Waals surface area contributed by atoms with Crippen molar-refractivity contribution in [3.05, 3.63) is 0 Å². The normalized spacial score (nSPS) is 17.9. The van der Waals surface area contributed by atoms with Crippen LogP contribution in [-0.4, -0.2) is 48.5 Å². The van der Waals surface area contributed by atoms with Crippen molar-refractivity contribution in [1.82, 2.24) is 10.2 Å². The predicted octanol–water partition coefficient (Wildman–Crippen LogP) is 0.948. The van der Waals surface area contributed by atoms with Crippen LogP contribution in [0.15, 0.2) is 0 Å². The molecule has 0 heterocycles. The lowest BCUT2D eigenvalue weighted by Crippen LogP contribution is -2.42. The molecule has 1 saturated carbocycles. The molecular weight excluding hydrogens is 196 g/mol. The summed E-state index contributed by atoms with van der Waals surface area (Å²) in [6, 6.07) is 0.946. The smallest absolute Gasteiger partial charge is 0.236 e. The number of carbonyl (C=O) groups excluding carboxylic acids is 1. The Balaban J connectivity index is 2.19. The molecule has 3 nitrogen and oxygen atoms in total. The number of carbonyl (C=O) groups is 1. The fourth-order valence-electron chi connectivity index (χ4n) is 1.24. The van der Waals surface area contributed by atoms with Crippen LogP contribution in [0, 0.1) is 0 Å². The molecular formula is C10H20N2OS. The molecule has 0 aromatic rings. The highest BCUT2D eigenvalue weighted by atomic mass is 32.2. The second-order valence-electron chi connectivity index (χ2n) is 3.96. The number of hydrogen-bond donors (Lipinski definition) is 1. The van der Waals surface area contributed by atoms with Gasteiger partial charge >= 0.3 is 0 Å². The molecule has 0 aromatic heterocycles. The third-order valence-corrected chi connectivity index (χ3v) is 3.40. The van der Waals surface area contributed by atoms with E-state index < -0.39 is 0 Å². The van der Waals surface area contributed by atoms with Crippen molar-refractivity contribution in [2.75, 3.05) is 25.6 Å². The summed E-state index contributed by atoms with van der Waals surface area (Å²) in [5.41, 5.74) is 0. The molecule has 1 atom stereocenters. The van der Waals surface area contributed by atoms with E-state index in [0.29, 0.717) is 18.6 Å². The van der Waals surface area contributed by atoms with E-state index in [-0.39, 0.29) is 5.91 Å². The Kier molecular flexibility index (Phi) is 4.75. The number of rotatable bonds is 6. The molecule has 1 N–H and O–H groups in total. The van der Waals surface area contributed by atoms with Gasteiger partial charge in [0.05, 0.1) is 6.54 Å². The minimum absolute atomic E-state index is 0.207. The van der Waals surface area contributed by atoms with Crippen LogP contribution >= 0.6 is 11.8 Å². The minimum Gasteiger partial charge on any atom is -0.341 e. The van der Waals surface area contributed by atoms with E-state index >= 15 is 0 Å². The van der Waals surface area contributed by atoms with Crippen molar-refractivity contribution in [3.8, 4) is 0 Å². The number of hydrogen-bond acceptors (Lipinski definition) is 3. The van der Waals surface area contributed by atoms with Crippen molar-refractivity contribution in [1.29, 1.82) is 0 Å². The number of thioether (sulfide) groups is 1. The molecule has 1 unspecified atom stereocenters. The molecule has 0 radical (unpaired) electrons. The average Bonchev–Trinajstić information content (AvgIpc) is 2.97. The monoisotopic (exact) mass is 216 g/mol. The van der Waals surface area contributed by atoms with Gasteiger partial charge < -0.3 is 10.2 Å². The topological polar surface area (TPSA) is 32.3 Å². The van der Waals surface area contributed by atoms with Crippen molar-refractivity contribution >= 4 is 17.7 Å².